The molecule has 1 fully saturated rings. The van der Waals surface area contributed by atoms with Crippen LogP contribution in [0.3, 0.4) is 0 Å². The average Bonchev–Trinajstić information content (AvgIpc) is 2.60. The van der Waals surface area contributed by atoms with Crippen LogP contribution >= 0.6 is 0 Å². The van der Waals surface area contributed by atoms with Crippen LogP contribution in [0, 0.1) is 0 Å². The van der Waals surface area contributed by atoms with Gasteiger partial charge in [0.1, 0.15) is 12.2 Å². The summed E-state index contributed by atoms with van der Waals surface area (Å²) in [5.74, 6) is -0.473. The zero-order valence-corrected chi connectivity index (χ0v) is 16.0. The predicted molar refractivity (Wildman–Crippen MR) is 99.8 cm³/mol. The highest BCUT2D eigenvalue weighted by molar-refractivity contribution is 5.82. The highest BCUT2D eigenvalue weighted by Gasteiger charge is 2.27. The lowest BCUT2D eigenvalue weighted by molar-refractivity contribution is -0.146. The standard InChI is InChI=1S/C20H30N2O4/c1-20(2,3)26-19(24)21-17(16-10-6-4-7-11-16)18(23)25-15-14-22-12-8-5-9-13-22/h4,6-7,10-11,17H,5,8-9,12-15H2,1-3H3,(H,21,24). The Kier molecular flexibility index (Phi) is 7.45. The first-order chi connectivity index (χ1) is 12.3. The van der Waals surface area contributed by atoms with Crippen molar-refractivity contribution in [3.8, 4) is 0 Å². The summed E-state index contributed by atoms with van der Waals surface area (Å²) in [5.41, 5.74) is 0.0325. The fourth-order valence-corrected chi connectivity index (χ4v) is 2.89. The number of benzene rings is 1. The maximum absolute atomic E-state index is 12.6. The van der Waals surface area contributed by atoms with Crippen molar-refractivity contribution in [2.45, 2.75) is 51.7 Å². The van der Waals surface area contributed by atoms with E-state index in [2.05, 4.69) is 10.2 Å². The third kappa shape index (κ3) is 7.04. The zero-order chi connectivity index (χ0) is 19.0. The molecule has 1 amide bonds. The monoisotopic (exact) mass is 362 g/mol. The first kappa shape index (κ1) is 20.2. The number of hydrogen-bond acceptors (Lipinski definition) is 5. The van der Waals surface area contributed by atoms with Crippen molar-refractivity contribution in [1.29, 1.82) is 0 Å². The Balaban J connectivity index is 1.94. The topological polar surface area (TPSA) is 67.9 Å². The number of amides is 1. The Labute approximate surface area is 155 Å². The Morgan fingerprint density at radius 3 is 2.38 bits per heavy atom. The van der Waals surface area contributed by atoms with Gasteiger partial charge in [-0.25, -0.2) is 9.59 Å². The lowest BCUT2D eigenvalue weighted by Crippen LogP contribution is -2.39. The minimum atomic E-state index is -0.882. The van der Waals surface area contributed by atoms with Gasteiger partial charge in [0.25, 0.3) is 0 Å². The molecule has 6 nitrogen and oxygen atoms in total. The first-order valence-corrected chi connectivity index (χ1v) is 9.28. The molecule has 0 aliphatic carbocycles. The molecule has 1 aliphatic heterocycles. The number of piperidine rings is 1. The second-order valence-electron chi connectivity index (χ2n) is 7.56. The number of nitrogens with one attached hydrogen (secondary N) is 1. The third-order valence-electron chi connectivity index (χ3n) is 4.13. The number of ether oxygens (including phenoxy) is 2. The van der Waals surface area contributed by atoms with E-state index in [9.17, 15) is 9.59 Å². The van der Waals surface area contributed by atoms with Crippen molar-refractivity contribution in [1.82, 2.24) is 10.2 Å². The summed E-state index contributed by atoms with van der Waals surface area (Å²) in [6.45, 7) is 8.48. The molecule has 1 saturated heterocycles. The van der Waals surface area contributed by atoms with Crippen molar-refractivity contribution in [3.05, 3.63) is 35.9 Å². The van der Waals surface area contributed by atoms with Gasteiger partial charge in [-0.05, 0) is 52.3 Å². The van der Waals surface area contributed by atoms with Crippen LogP contribution in [0.1, 0.15) is 51.6 Å². The van der Waals surface area contributed by atoms with Crippen molar-refractivity contribution in [3.63, 3.8) is 0 Å². The number of likely N-dealkylation sites (tertiary alicyclic amines) is 1. The normalized spacial score (nSPS) is 16.6. The lowest BCUT2D eigenvalue weighted by Gasteiger charge is -2.26. The van der Waals surface area contributed by atoms with E-state index < -0.39 is 23.7 Å². The number of nitrogens with zero attached hydrogens (tertiary/aromatic N) is 1. The van der Waals surface area contributed by atoms with Crippen molar-refractivity contribution in [2.24, 2.45) is 0 Å². The summed E-state index contributed by atoms with van der Waals surface area (Å²) >= 11 is 0. The quantitative estimate of drug-likeness (QED) is 0.787. The van der Waals surface area contributed by atoms with Gasteiger partial charge in [-0.1, -0.05) is 36.8 Å². The van der Waals surface area contributed by atoms with E-state index in [1.165, 1.54) is 19.3 Å². The van der Waals surface area contributed by atoms with Gasteiger partial charge in [0.2, 0.25) is 0 Å². The Hall–Kier alpha value is -2.08. The average molecular weight is 362 g/mol. The van der Waals surface area contributed by atoms with E-state index in [1.54, 1.807) is 32.9 Å². The molecule has 1 aliphatic rings. The molecule has 2 rings (SSSR count). The van der Waals surface area contributed by atoms with Gasteiger partial charge >= 0.3 is 12.1 Å². The summed E-state index contributed by atoms with van der Waals surface area (Å²) < 4.78 is 10.7. The predicted octanol–water partition coefficient (Wildman–Crippen LogP) is 3.28. The maximum atomic E-state index is 12.6. The summed E-state index contributed by atoms with van der Waals surface area (Å²) in [4.78, 5) is 27.0. The first-order valence-electron chi connectivity index (χ1n) is 9.28. The van der Waals surface area contributed by atoms with E-state index >= 15 is 0 Å². The van der Waals surface area contributed by atoms with E-state index in [0.717, 1.165) is 19.6 Å². The molecule has 1 N–H and O–H groups in total. The molecule has 0 radical (unpaired) electrons. The van der Waals surface area contributed by atoms with E-state index in [1.807, 2.05) is 18.2 Å². The van der Waals surface area contributed by atoms with Gasteiger partial charge < -0.3 is 14.8 Å². The largest absolute Gasteiger partial charge is 0.463 e. The highest BCUT2D eigenvalue weighted by atomic mass is 16.6. The van der Waals surface area contributed by atoms with Crippen LogP contribution < -0.4 is 5.32 Å². The van der Waals surface area contributed by atoms with Crippen LogP contribution in [-0.4, -0.2) is 48.8 Å². The molecular formula is C20H30N2O4. The summed E-state index contributed by atoms with van der Waals surface area (Å²) in [5, 5.41) is 2.63. The zero-order valence-electron chi connectivity index (χ0n) is 16.0. The van der Waals surface area contributed by atoms with Crippen LogP contribution in [-0.2, 0) is 14.3 Å². The van der Waals surface area contributed by atoms with Crippen LogP contribution in [0.2, 0.25) is 0 Å². The molecule has 0 saturated carbocycles. The van der Waals surface area contributed by atoms with Gasteiger partial charge in [0, 0.05) is 6.54 Å². The van der Waals surface area contributed by atoms with Crippen LogP contribution in [0.5, 0.6) is 0 Å². The molecule has 1 unspecified atom stereocenters. The third-order valence-corrected chi connectivity index (χ3v) is 4.13. The summed E-state index contributed by atoms with van der Waals surface area (Å²) in [7, 11) is 0. The number of rotatable bonds is 6. The summed E-state index contributed by atoms with van der Waals surface area (Å²) in [6.07, 6.45) is 3.02. The van der Waals surface area contributed by atoms with Gasteiger partial charge in [-0.2, -0.15) is 0 Å². The Morgan fingerprint density at radius 2 is 1.77 bits per heavy atom. The molecule has 0 bridgehead atoms. The van der Waals surface area contributed by atoms with Crippen molar-refractivity contribution >= 4 is 12.1 Å². The van der Waals surface area contributed by atoms with Crippen molar-refractivity contribution in [2.75, 3.05) is 26.2 Å². The second kappa shape index (κ2) is 9.57. The molecule has 1 aromatic rings. The smallest absolute Gasteiger partial charge is 0.408 e. The molecule has 144 valence electrons. The molecule has 1 heterocycles. The molecule has 0 spiro atoms. The fourth-order valence-electron chi connectivity index (χ4n) is 2.89. The highest BCUT2D eigenvalue weighted by Crippen LogP contribution is 2.16. The fraction of sp³-hybridized carbons (Fsp3) is 0.600. The van der Waals surface area contributed by atoms with Crippen LogP contribution in [0.4, 0.5) is 4.79 Å². The van der Waals surface area contributed by atoms with Crippen LogP contribution in [0.25, 0.3) is 0 Å². The number of hydrogen-bond donors (Lipinski definition) is 1. The molecule has 26 heavy (non-hydrogen) atoms. The molecule has 0 aromatic heterocycles. The number of alkyl carbamates (subject to hydrolysis) is 1. The van der Waals surface area contributed by atoms with E-state index in [-0.39, 0.29) is 0 Å². The molecule has 1 atom stereocenters. The van der Waals surface area contributed by atoms with Gasteiger partial charge in [0.15, 0.2) is 6.04 Å². The lowest BCUT2D eigenvalue weighted by atomic mass is 10.1. The Morgan fingerprint density at radius 1 is 1.12 bits per heavy atom. The van der Waals surface area contributed by atoms with E-state index in [0.29, 0.717) is 12.2 Å². The number of carbonyl (C=O) groups is 2. The van der Waals surface area contributed by atoms with Gasteiger partial charge in [0.05, 0.1) is 0 Å². The maximum Gasteiger partial charge on any atom is 0.408 e. The minimum Gasteiger partial charge on any atom is -0.463 e. The SMILES string of the molecule is CC(C)(C)OC(=O)NC(C(=O)OCCN1CCCCC1)c1ccccc1. The van der Waals surface area contributed by atoms with Crippen LogP contribution in [0.15, 0.2) is 30.3 Å². The van der Waals surface area contributed by atoms with Gasteiger partial charge in [-0.3, -0.25) is 4.90 Å². The molecular weight excluding hydrogens is 332 g/mol. The molecule has 1 aromatic carbocycles. The van der Waals surface area contributed by atoms with E-state index in [4.69, 9.17) is 9.47 Å². The molecule has 6 heteroatoms. The summed E-state index contributed by atoms with van der Waals surface area (Å²) in [6, 6.07) is 8.19. The Bertz CT molecular complexity index is 577. The second-order valence-corrected chi connectivity index (χ2v) is 7.56. The van der Waals surface area contributed by atoms with Gasteiger partial charge in [-0.15, -0.1) is 0 Å². The van der Waals surface area contributed by atoms with Crippen molar-refractivity contribution < 1.29 is 19.1 Å². The minimum absolute atomic E-state index is 0.318. The number of carbonyl (C=O) groups excluding carboxylic acids is 2. The number of esters is 1.